The number of rotatable bonds is 8. The Morgan fingerprint density at radius 3 is 2.60 bits per heavy atom. The number of aldehydes is 1. The van der Waals surface area contributed by atoms with Crippen molar-refractivity contribution in [1.82, 2.24) is 4.31 Å². The summed E-state index contributed by atoms with van der Waals surface area (Å²) in [6.07, 6.45) is 2.39. The Kier molecular flexibility index (Phi) is 7.69. The van der Waals surface area contributed by atoms with Crippen molar-refractivity contribution in [3.05, 3.63) is 81.5 Å². The molecule has 0 amide bonds. The van der Waals surface area contributed by atoms with Crippen LogP contribution in [0.15, 0.2) is 64.9 Å². The molecule has 4 rings (SSSR count). The Morgan fingerprint density at radius 1 is 1.14 bits per heavy atom. The number of carbonyl (C=O) groups excluding carboxylic acids is 2. The van der Waals surface area contributed by atoms with E-state index in [-0.39, 0.29) is 11.4 Å². The zero-order valence-corrected chi connectivity index (χ0v) is 21.2. The summed E-state index contributed by atoms with van der Waals surface area (Å²) in [5.41, 5.74) is 2.50. The third kappa shape index (κ3) is 5.17. The first-order chi connectivity index (χ1) is 16.9. The molecule has 1 aliphatic rings. The minimum atomic E-state index is -4.00. The molecule has 35 heavy (non-hydrogen) atoms. The van der Waals surface area contributed by atoms with Crippen LogP contribution in [0.4, 0.5) is 0 Å². The third-order valence-corrected chi connectivity index (χ3v) is 9.26. The van der Waals surface area contributed by atoms with Gasteiger partial charge in [0.05, 0.1) is 19.1 Å². The molecule has 184 valence electrons. The first-order valence-corrected chi connectivity index (χ1v) is 13.5. The number of hydrogen-bond acceptors (Lipinski definition) is 7. The Labute approximate surface area is 209 Å². The van der Waals surface area contributed by atoms with Gasteiger partial charge in [-0.1, -0.05) is 18.2 Å². The average molecular weight is 514 g/mol. The second-order valence-corrected chi connectivity index (χ2v) is 11.2. The fraction of sp³-hybridized carbons (Fsp3) is 0.308. The number of ether oxygens (including phenoxy) is 2. The third-order valence-electron chi connectivity index (χ3n) is 6.37. The minimum Gasteiger partial charge on any atom is -0.497 e. The molecule has 0 unspecified atom stereocenters. The summed E-state index contributed by atoms with van der Waals surface area (Å²) in [4.78, 5) is 25.5. The number of sulfonamides is 1. The van der Waals surface area contributed by atoms with Crippen LogP contribution in [0.1, 0.15) is 38.7 Å². The van der Waals surface area contributed by atoms with Gasteiger partial charge >= 0.3 is 5.97 Å². The van der Waals surface area contributed by atoms with Crippen LogP contribution in [-0.4, -0.2) is 51.8 Å². The van der Waals surface area contributed by atoms with Gasteiger partial charge in [-0.25, -0.2) is 8.42 Å². The van der Waals surface area contributed by atoms with E-state index >= 15 is 0 Å². The second kappa shape index (κ2) is 10.7. The Bertz CT molecular complexity index is 1300. The van der Waals surface area contributed by atoms with E-state index in [1.54, 1.807) is 29.5 Å². The monoisotopic (exact) mass is 513 g/mol. The SMILES string of the molecule is COC(=O)[C@H]1[C@H](CCc2cccc(C=O)c2)c2ccsc2CCN1S(=O)(=O)c1ccc(OC)cc1. The molecule has 1 aliphatic heterocycles. The van der Waals surface area contributed by atoms with E-state index in [0.717, 1.165) is 22.3 Å². The molecule has 0 spiro atoms. The van der Waals surface area contributed by atoms with Gasteiger partial charge in [-0.05, 0) is 72.2 Å². The van der Waals surface area contributed by atoms with Gasteiger partial charge in [-0.2, -0.15) is 4.31 Å². The fourth-order valence-electron chi connectivity index (χ4n) is 4.62. The maximum Gasteiger partial charge on any atom is 0.324 e. The number of hydrogen-bond donors (Lipinski definition) is 0. The molecule has 3 aromatic rings. The van der Waals surface area contributed by atoms with Crippen molar-refractivity contribution in [3.8, 4) is 5.75 Å². The molecule has 1 aromatic heterocycles. The molecule has 9 heteroatoms. The Hall–Kier alpha value is -3.01. The van der Waals surface area contributed by atoms with Crippen molar-refractivity contribution in [2.75, 3.05) is 20.8 Å². The molecule has 0 radical (unpaired) electrons. The smallest absolute Gasteiger partial charge is 0.324 e. The van der Waals surface area contributed by atoms with Gasteiger partial charge < -0.3 is 9.47 Å². The summed E-state index contributed by atoms with van der Waals surface area (Å²) in [6.45, 7) is 0.165. The number of thiophene rings is 1. The summed E-state index contributed by atoms with van der Waals surface area (Å²) in [5, 5.41) is 1.98. The molecule has 2 atom stereocenters. The molecular weight excluding hydrogens is 486 g/mol. The molecular formula is C26H27NO6S2. The summed E-state index contributed by atoms with van der Waals surface area (Å²) < 4.78 is 39.2. The van der Waals surface area contributed by atoms with Gasteiger partial charge in [0.2, 0.25) is 10.0 Å². The Balaban J connectivity index is 1.74. The molecule has 0 fully saturated rings. The standard InChI is InChI=1S/C26H27NO6S2/c1-32-20-7-9-21(10-8-20)35(30,31)27-14-12-24-22(13-15-34-24)23(25(27)26(29)33-2)11-6-18-4-3-5-19(16-18)17-28/h3-5,7-10,13,15-17,23,25H,6,11-12,14H2,1-2H3/t23-,25-/m1/s1. The number of methoxy groups -OCH3 is 2. The lowest BCUT2D eigenvalue weighted by molar-refractivity contribution is -0.146. The number of aryl methyl sites for hydroxylation is 1. The van der Waals surface area contributed by atoms with Gasteiger partial charge in [-0.15, -0.1) is 11.3 Å². The first-order valence-electron chi connectivity index (χ1n) is 11.2. The van der Waals surface area contributed by atoms with Gasteiger partial charge in [0, 0.05) is 22.9 Å². The molecule has 0 bridgehead atoms. The highest BCUT2D eigenvalue weighted by Gasteiger charge is 2.44. The minimum absolute atomic E-state index is 0.0925. The van der Waals surface area contributed by atoms with Crippen LogP contribution in [0, 0.1) is 0 Å². The van der Waals surface area contributed by atoms with Gasteiger partial charge in [0.25, 0.3) is 0 Å². The topological polar surface area (TPSA) is 90.0 Å². The molecule has 0 aliphatic carbocycles. The second-order valence-electron chi connectivity index (χ2n) is 8.32. The van der Waals surface area contributed by atoms with E-state index in [1.807, 2.05) is 29.6 Å². The molecule has 0 N–H and O–H groups in total. The predicted molar refractivity (Wildman–Crippen MR) is 134 cm³/mol. The van der Waals surface area contributed by atoms with E-state index in [9.17, 15) is 18.0 Å². The number of benzene rings is 2. The normalized spacial score (nSPS) is 18.3. The van der Waals surface area contributed by atoms with Crippen LogP contribution in [0.5, 0.6) is 5.75 Å². The fourth-order valence-corrected chi connectivity index (χ4v) is 7.18. The highest BCUT2D eigenvalue weighted by Crippen LogP contribution is 2.39. The van der Waals surface area contributed by atoms with Gasteiger partial charge in [-0.3, -0.25) is 9.59 Å². The molecule has 0 saturated heterocycles. The van der Waals surface area contributed by atoms with Crippen molar-refractivity contribution in [2.24, 2.45) is 0 Å². The lowest BCUT2D eigenvalue weighted by atomic mass is 9.86. The van der Waals surface area contributed by atoms with Crippen molar-refractivity contribution in [1.29, 1.82) is 0 Å². The first kappa shape index (κ1) is 25.1. The number of esters is 1. The molecule has 2 heterocycles. The van der Waals surface area contributed by atoms with Crippen molar-refractivity contribution >= 4 is 33.6 Å². The molecule has 0 saturated carbocycles. The van der Waals surface area contributed by atoms with Crippen molar-refractivity contribution in [2.45, 2.75) is 36.1 Å². The van der Waals surface area contributed by atoms with Crippen molar-refractivity contribution < 1.29 is 27.5 Å². The predicted octanol–water partition coefficient (Wildman–Crippen LogP) is 4.07. The van der Waals surface area contributed by atoms with Crippen LogP contribution in [0.25, 0.3) is 0 Å². The van der Waals surface area contributed by atoms with Gasteiger partial charge in [0.1, 0.15) is 18.1 Å². The Morgan fingerprint density at radius 2 is 1.91 bits per heavy atom. The van der Waals surface area contributed by atoms with E-state index < -0.39 is 28.0 Å². The zero-order valence-electron chi connectivity index (χ0n) is 19.5. The maximum atomic E-state index is 13.8. The molecule has 7 nitrogen and oxygen atoms in total. The summed E-state index contributed by atoms with van der Waals surface area (Å²) >= 11 is 1.57. The van der Waals surface area contributed by atoms with E-state index in [0.29, 0.717) is 30.6 Å². The van der Waals surface area contributed by atoms with Crippen LogP contribution in [0.3, 0.4) is 0 Å². The highest BCUT2D eigenvalue weighted by molar-refractivity contribution is 7.89. The maximum absolute atomic E-state index is 13.8. The summed E-state index contributed by atoms with van der Waals surface area (Å²) in [7, 11) is -1.21. The lowest BCUT2D eigenvalue weighted by Gasteiger charge is -2.32. The van der Waals surface area contributed by atoms with E-state index in [4.69, 9.17) is 9.47 Å². The number of fused-ring (bicyclic) bond motifs is 1. The van der Waals surface area contributed by atoms with Crippen LogP contribution in [-0.2, 0) is 32.4 Å². The van der Waals surface area contributed by atoms with Crippen molar-refractivity contribution in [3.63, 3.8) is 0 Å². The molecule has 2 aromatic carbocycles. The van der Waals surface area contributed by atoms with E-state index in [2.05, 4.69) is 0 Å². The summed E-state index contributed by atoms with van der Waals surface area (Å²) in [5.74, 6) is -0.450. The number of nitrogens with zero attached hydrogens (tertiary/aromatic N) is 1. The zero-order chi connectivity index (χ0) is 25.0. The van der Waals surface area contributed by atoms with Gasteiger partial charge in [0.15, 0.2) is 0 Å². The lowest BCUT2D eigenvalue weighted by Crippen LogP contribution is -2.48. The van der Waals surface area contributed by atoms with Crippen LogP contribution >= 0.6 is 11.3 Å². The highest BCUT2D eigenvalue weighted by atomic mass is 32.2. The van der Waals surface area contributed by atoms with Crippen LogP contribution in [0.2, 0.25) is 0 Å². The number of carbonyl (C=O) groups is 2. The van der Waals surface area contributed by atoms with Crippen LogP contribution < -0.4 is 4.74 Å². The average Bonchev–Trinajstić information content (AvgIpc) is 3.29. The summed E-state index contributed by atoms with van der Waals surface area (Å²) in [6, 6.07) is 14.4. The largest absolute Gasteiger partial charge is 0.497 e. The quantitative estimate of drug-likeness (QED) is 0.333. The van der Waals surface area contributed by atoms with E-state index in [1.165, 1.54) is 30.7 Å².